The predicted octanol–water partition coefficient (Wildman–Crippen LogP) is 3.64. The first kappa shape index (κ1) is 23.7. The van der Waals surface area contributed by atoms with E-state index in [2.05, 4.69) is 14.1 Å². The lowest BCUT2D eigenvalue weighted by Crippen LogP contribution is -2.31. The van der Waals surface area contributed by atoms with E-state index in [0.29, 0.717) is 23.1 Å². The molecule has 0 amide bonds. The number of hydrogen-bond donors (Lipinski definition) is 2. The summed E-state index contributed by atoms with van der Waals surface area (Å²) < 4.78 is 42.9. The lowest BCUT2D eigenvalue weighted by Gasteiger charge is -2.33. The monoisotopic (exact) mass is 492 g/mol. The third-order valence-electron chi connectivity index (χ3n) is 4.90. The van der Waals surface area contributed by atoms with Crippen LogP contribution in [0.4, 0.5) is 0 Å². The zero-order valence-corrected chi connectivity index (χ0v) is 19.6. The van der Waals surface area contributed by atoms with Gasteiger partial charge in [0, 0.05) is 35.6 Å². The van der Waals surface area contributed by atoms with Crippen LogP contribution in [0, 0.1) is 0 Å². The second-order valence-corrected chi connectivity index (χ2v) is 10.6. The van der Waals surface area contributed by atoms with E-state index in [0.717, 1.165) is 16.7 Å². The van der Waals surface area contributed by atoms with Crippen molar-refractivity contribution in [3.8, 4) is 0 Å². The van der Waals surface area contributed by atoms with Crippen molar-refractivity contribution < 1.29 is 22.4 Å². The van der Waals surface area contributed by atoms with Gasteiger partial charge < -0.3 is 14.3 Å². The minimum absolute atomic E-state index is 0.00354. The largest absolute Gasteiger partial charge is 0.326 e. The number of rotatable bonds is 8. The molecule has 2 unspecified atom stereocenters. The van der Waals surface area contributed by atoms with E-state index in [-0.39, 0.29) is 30.4 Å². The number of halogens is 2. The maximum absolute atomic E-state index is 12.7. The Hall–Kier alpha value is -0.960. The number of fused-ring (bicyclic) bond motifs is 1. The fourth-order valence-corrected chi connectivity index (χ4v) is 5.57. The van der Waals surface area contributed by atoms with Gasteiger partial charge in [0.2, 0.25) is 10.0 Å². The van der Waals surface area contributed by atoms with Gasteiger partial charge in [-0.3, -0.25) is 4.57 Å². The molecular formula is C19H23Cl2N2O5PS. The molecule has 0 spiro atoms. The van der Waals surface area contributed by atoms with E-state index in [1.807, 2.05) is 19.2 Å². The molecule has 2 N–H and O–H groups in total. The number of nitrogens with one attached hydrogen (secondary N) is 1. The summed E-state index contributed by atoms with van der Waals surface area (Å²) in [5.41, 5.74) is 2.85. The summed E-state index contributed by atoms with van der Waals surface area (Å²) in [5.74, 6) is -0.0688. The van der Waals surface area contributed by atoms with E-state index < -0.39 is 18.3 Å². The Bertz CT molecular complexity index is 1050. The van der Waals surface area contributed by atoms with E-state index in [1.165, 1.54) is 6.07 Å². The molecule has 0 fully saturated rings. The van der Waals surface area contributed by atoms with Gasteiger partial charge in [0.1, 0.15) is 0 Å². The van der Waals surface area contributed by atoms with Crippen LogP contribution in [0.15, 0.2) is 41.3 Å². The lowest BCUT2D eigenvalue weighted by atomic mass is 9.85. The average molecular weight is 493 g/mol. The third-order valence-corrected chi connectivity index (χ3v) is 7.37. The highest BCUT2D eigenvalue weighted by Gasteiger charge is 2.28. The van der Waals surface area contributed by atoms with Crippen LogP contribution in [0.3, 0.4) is 0 Å². The van der Waals surface area contributed by atoms with Gasteiger partial charge in [-0.2, -0.15) is 0 Å². The summed E-state index contributed by atoms with van der Waals surface area (Å²) >= 11 is 12.6. The lowest BCUT2D eigenvalue weighted by molar-refractivity contribution is 0.278. The fraction of sp³-hybridized carbons (Fsp3) is 0.368. The number of sulfonamides is 1. The van der Waals surface area contributed by atoms with Crippen molar-refractivity contribution in [1.82, 2.24) is 9.62 Å². The van der Waals surface area contributed by atoms with Crippen molar-refractivity contribution in [2.75, 3.05) is 26.7 Å². The Morgan fingerprint density at radius 2 is 2.07 bits per heavy atom. The molecule has 2 aromatic carbocycles. The molecule has 1 aliphatic rings. The molecule has 0 bridgehead atoms. The van der Waals surface area contributed by atoms with Crippen LogP contribution in [0.25, 0.3) is 0 Å². The minimum Gasteiger partial charge on any atom is -0.326 e. The minimum atomic E-state index is -3.73. The fourth-order valence-electron chi connectivity index (χ4n) is 3.55. The van der Waals surface area contributed by atoms with Crippen LogP contribution in [0.1, 0.15) is 29.0 Å². The Morgan fingerprint density at radius 3 is 2.80 bits per heavy atom. The van der Waals surface area contributed by atoms with Gasteiger partial charge in [-0.25, -0.2) is 13.1 Å². The van der Waals surface area contributed by atoms with Crippen molar-refractivity contribution >= 4 is 41.5 Å². The Labute approximate surface area is 187 Å². The molecule has 0 aromatic heterocycles. The molecule has 0 aliphatic carbocycles. The molecule has 164 valence electrons. The van der Waals surface area contributed by atoms with Crippen LogP contribution >= 0.6 is 31.5 Å². The summed E-state index contributed by atoms with van der Waals surface area (Å²) in [7, 11) is -4.75. The van der Waals surface area contributed by atoms with Crippen LogP contribution in [-0.4, -0.2) is 45.0 Å². The van der Waals surface area contributed by atoms with Crippen molar-refractivity contribution in [1.29, 1.82) is 0 Å². The summed E-state index contributed by atoms with van der Waals surface area (Å²) in [6.07, 6.45) is 0.285. The van der Waals surface area contributed by atoms with Crippen molar-refractivity contribution in [3.63, 3.8) is 0 Å². The van der Waals surface area contributed by atoms with Gasteiger partial charge >= 0.3 is 8.25 Å². The molecule has 1 heterocycles. The Kier molecular flexibility index (Phi) is 7.98. The first-order valence-corrected chi connectivity index (χ1v) is 12.8. The Morgan fingerprint density at radius 1 is 1.30 bits per heavy atom. The zero-order valence-electron chi connectivity index (χ0n) is 16.3. The molecule has 2 aromatic rings. The van der Waals surface area contributed by atoms with Crippen LogP contribution < -0.4 is 4.72 Å². The smallest absolute Gasteiger partial charge is 0.316 e. The molecule has 0 radical (unpaired) electrons. The number of nitrogens with zero attached hydrogens (tertiary/aromatic N) is 1. The molecule has 11 heteroatoms. The normalized spacial score (nSPS) is 18.2. The van der Waals surface area contributed by atoms with Gasteiger partial charge in [0.05, 0.1) is 11.5 Å². The van der Waals surface area contributed by atoms with Gasteiger partial charge in [-0.05, 0) is 54.4 Å². The molecule has 30 heavy (non-hydrogen) atoms. The molecule has 0 saturated carbocycles. The summed E-state index contributed by atoms with van der Waals surface area (Å²) in [6.45, 7) is 1.51. The van der Waals surface area contributed by atoms with Gasteiger partial charge in [-0.15, -0.1) is 0 Å². The van der Waals surface area contributed by atoms with E-state index in [4.69, 9.17) is 28.1 Å². The first-order chi connectivity index (χ1) is 14.2. The average Bonchev–Trinajstić information content (AvgIpc) is 2.67. The van der Waals surface area contributed by atoms with Crippen molar-refractivity contribution in [2.45, 2.75) is 23.8 Å². The highest BCUT2D eigenvalue weighted by atomic mass is 35.5. The molecule has 0 saturated heterocycles. The molecule has 7 nitrogen and oxygen atoms in total. The molecule has 3 rings (SSSR count). The number of hydrogen-bond acceptors (Lipinski definition) is 5. The van der Waals surface area contributed by atoms with E-state index in [9.17, 15) is 13.0 Å². The van der Waals surface area contributed by atoms with Crippen LogP contribution in [-0.2, 0) is 25.7 Å². The third kappa shape index (κ3) is 5.84. The quantitative estimate of drug-likeness (QED) is 0.431. The van der Waals surface area contributed by atoms with E-state index >= 15 is 0 Å². The topological polar surface area (TPSA) is 95.9 Å². The summed E-state index contributed by atoms with van der Waals surface area (Å²) in [4.78, 5) is 10.9. The van der Waals surface area contributed by atoms with Crippen molar-refractivity contribution in [3.05, 3.63) is 63.1 Å². The number of likely N-dealkylation sites (N-methyl/N-ethyl adjacent to an activating group) is 1. The zero-order chi connectivity index (χ0) is 21.9. The first-order valence-electron chi connectivity index (χ1n) is 9.29. The van der Waals surface area contributed by atoms with Gasteiger partial charge in [0.25, 0.3) is 0 Å². The van der Waals surface area contributed by atoms with Gasteiger partial charge in [-0.1, -0.05) is 35.3 Å². The van der Waals surface area contributed by atoms with Crippen LogP contribution in [0.2, 0.25) is 10.0 Å². The second-order valence-electron chi connectivity index (χ2n) is 7.14. The van der Waals surface area contributed by atoms with Crippen LogP contribution in [0.5, 0.6) is 0 Å². The molecule has 1 aliphatic heterocycles. The summed E-state index contributed by atoms with van der Waals surface area (Å²) in [5, 5.41) is 1.15. The van der Waals surface area contributed by atoms with E-state index in [1.54, 1.807) is 18.2 Å². The standard InChI is InChI=1S/C19H23Cl2N2O5PS/c1-23-11-17(16-9-14(20)10-19(21)18(16)12-23)13-4-2-5-15(8-13)30(26,27)22-6-3-7-28-29(24)25/h2,4-5,8-10,17,22,29H,3,6-7,11-12H2,1H3,(H,24,25). The van der Waals surface area contributed by atoms with Gasteiger partial charge in [0.15, 0.2) is 0 Å². The molecular weight excluding hydrogens is 470 g/mol. The van der Waals surface area contributed by atoms with Crippen molar-refractivity contribution in [2.24, 2.45) is 0 Å². The molecule has 2 atom stereocenters. The summed E-state index contributed by atoms with van der Waals surface area (Å²) in [6, 6.07) is 10.4. The number of benzene rings is 2. The highest BCUT2D eigenvalue weighted by molar-refractivity contribution is 7.89. The maximum atomic E-state index is 12.7. The predicted molar refractivity (Wildman–Crippen MR) is 118 cm³/mol. The maximum Gasteiger partial charge on any atom is 0.316 e. The SMILES string of the molecule is CN1Cc2c(Cl)cc(Cl)cc2C(c2cccc(S(=O)(=O)NCCCO[PH](=O)O)c2)C1. The Balaban J connectivity index is 1.83. The highest BCUT2D eigenvalue weighted by Crippen LogP contribution is 2.38. The second kappa shape index (κ2) is 10.1.